The van der Waals surface area contributed by atoms with Crippen LogP contribution in [-0.2, 0) is 19.8 Å². The lowest BCUT2D eigenvalue weighted by Crippen LogP contribution is -2.51. The Balaban J connectivity index is 1.41. The van der Waals surface area contributed by atoms with Crippen LogP contribution in [-0.4, -0.2) is 78.4 Å². The minimum Gasteiger partial charge on any atom is -0.369 e. The van der Waals surface area contributed by atoms with E-state index in [0.29, 0.717) is 35.5 Å². The molecule has 11 heteroatoms. The normalized spacial score (nSPS) is 20.2. The van der Waals surface area contributed by atoms with E-state index in [2.05, 4.69) is 15.2 Å². The number of aliphatic imine (C=N–C) groups is 1. The molecule has 2 aliphatic rings. The van der Waals surface area contributed by atoms with Gasteiger partial charge in [0.25, 0.3) is 5.69 Å². The maximum atomic E-state index is 13.5. The Kier molecular flexibility index (Phi) is 9.75. The number of nitrogens with one attached hydrogen (secondary N) is 1. The number of hydrogen-bond acceptors (Lipinski definition) is 7. The molecule has 0 bridgehead atoms. The molecule has 2 heterocycles. The number of nitro benzene ring substituents is 1. The van der Waals surface area contributed by atoms with Crippen molar-refractivity contribution in [3.8, 4) is 0 Å². The summed E-state index contributed by atoms with van der Waals surface area (Å²) in [6, 6.07) is 15.8. The molecule has 2 aliphatic heterocycles. The van der Waals surface area contributed by atoms with Crippen LogP contribution in [0.15, 0.2) is 70.9 Å². The minimum atomic E-state index is -0.853. The van der Waals surface area contributed by atoms with Crippen LogP contribution in [0.4, 0.5) is 5.69 Å². The number of hydrogen-bond donors (Lipinski definition) is 2. The Hall–Kier alpha value is -4.38. The third-order valence-corrected chi connectivity index (χ3v) is 8.63. The van der Waals surface area contributed by atoms with Gasteiger partial charge in [-0.1, -0.05) is 42.5 Å². The number of nitrogens with two attached hydrogens (primary N) is 1. The first-order valence-corrected chi connectivity index (χ1v) is 14.5. The van der Waals surface area contributed by atoms with Crippen LogP contribution in [0.2, 0.25) is 0 Å². The zero-order valence-electron chi connectivity index (χ0n) is 25.2. The van der Waals surface area contributed by atoms with Gasteiger partial charge in [0, 0.05) is 55.7 Å². The van der Waals surface area contributed by atoms with Crippen molar-refractivity contribution in [3.63, 3.8) is 0 Å². The number of nitro groups is 1. The fraction of sp³-hybridized carbons (Fsp3) is 0.438. The van der Waals surface area contributed by atoms with Gasteiger partial charge in [0.1, 0.15) is 0 Å². The number of piperidine rings is 1. The summed E-state index contributed by atoms with van der Waals surface area (Å²) in [4.78, 5) is 58.4. The molecule has 11 nitrogen and oxygen atoms in total. The van der Waals surface area contributed by atoms with E-state index in [-0.39, 0.29) is 17.5 Å². The third kappa shape index (κ3) is 6.67. The van der Waals surface area contributed by atoms with Crippen LogP contribution in [0.25, 0.3) is 0 Å². The average molecular weight is 589 g/mol. The molecule has 1 fully saturated rings. The second kappa shape index (κ2) is 13.3. The molecule has 2 aromatic carbocycles. The van der Waals surface area contributed by atoms with Crippen LogP contribution in [0.1, 0.15) is 50.2 Å². The van der Waals surface area contributed by atoms with Crippen LogP contribution >= 0.6 is 0 Å². The summed E-state index contributed by atoms with van der Waals surface area (Å²) < 4.78 is 0. The van der Waals surface area contributed by atoms with Crippen LogP contribution in [0, 0.1) is 16.0 Å². The monoisotopic (exact) mass is 588 g/mol. The van der Waals surface area contributed by atoms with E-state index in [1.807, 2.05) is 30.3 Å². The van der Waals surface area contributed by atoms with Gasteiger partial charge in [-0.25, -0.2) is 0 Å². The number of allylic oxidation sites excluding steroid dienone is 1. The quantitative estimate of drug-likeness (QED) is 0.247. The molecule has 2 unspecified atom stereocenters. The first-order valence-electron chi connectivity index (χ1n) is 14.5. The number of amides is 3. The van der Waals surface area contributed by atoms with Gasteiger partial charge < -0.3 is 20.9 Å². The summed E-state index contributed by atoms with van der Waals surface area (Å²) in [6.45, 7) is 6.11. The van der Waals surface area contributed by atoms with Crippen molar-refractivity contribution in [2.24, 2.45) is 16.6 Å². The standard InChI is InChI=1S/C32H40N6O5/c1-21-26(29(33)39)28(23-11-13-25(14-12-23)38(42)43)27(22(2)35-21)30(40)34-17-8-18-37-19-15-32(16-20-37,31(41)36(3)4)24-9-6-5-7-10-24/h5-7,9-14,26,28H,8,15-20H2,1-4H3,(H2,33,39)(H,34,40). The highest BCUT2D eigenvalue weighted by molar-refractivity contribution is 6.08. The topological polar surface area (TPSA) is 151 Å². The lowest BCUT2D eigenvalue weighted by atomic mass is 9.71. The zero-order valence-corrected chi connectivity index (χ0v) is 25.2. The lowest BCUT2D eigenvalue weighted by Gasteiger charge is -2.42. The Morgan fingerprint density at radius 1 is 1.07 bits per heavy atom. The summed E-state index contributed by atoms with van der Waals surface area (Å²) in [5.74, 6) is -2.41. The number of rotatable bonds is 10. The van der Waals surface area contributed by atoms with Gasteiger partial charge in [-0.15, -0.1) is 0 Å². The molecule has 0 radical (unpaired) electrons. The summed E-state index contributed by atoms with van der Waals surface area (Å²) in [6.07, 6.45) is 2.13. The van der Waals surface area contributed by atoms with Crippen LogP contribution in [0.5, 0.6) is 0 Å². The second-order valence-electron chi connectivity index (χ2n) is 11.6. The number of likely N-dealkylation sites (N-methyl/N-ethyl adjacent to an activating group) is 1. The van der Waals surface area contributed by atoms with Crippen molar-refractivity contribution in [3.05, 3.63) is 87.1 Å². The molecule has 1 saturated heterocycles. The van der Waals surface area contributed by atoms with Gasteiger partial charge >= 0.3 is 0 Å². The highest BCUT2D eigenvalue weighted by Crippen LogP contribution is 2.40. The summed E-state index contributed by atoms with van der Waals surface area (Å²) in [5, 5.41) is 14.2. The molecule has 2 aromatic rings. The number of carbonyl (C=O) groups excluding carboxylic acids is 3. The van der Waals surface area contributed by atoms with E-state index in [1.54, 1.807) is 45.0 Å². The molecule has 0 aliphatic carbocycles. The summed E-state index contributed by atoms with van der Waals surface area (Å²) >= 11 is 0. The molecule has 2 atom stereocenters. The van der Waals surface area contributed by atoms with E-state index in [0.717, 1.165) is 38.0 Å². The smallest absolute Gasteiger partial charge is 0.269 e. The molecule has 3 N–H and O–H groups in total. The van der Waals surface area contributed by atoms with Gasteiger partial charge in [-0.05, 0) is 63.9 Å². The Morgan fingerprint density at radius 3 is 2.26 bits per heavy atom. The number of non-ortho nitro benzene ring substituents is 1. The van der Waals surface area contributed by atoms with Crippen molar-refractivity contribution in [1.82, 2.24) is 15.1 Å². The maximum Gasteiger partial charge on any atom is 0.269 e. The minimum absolute atomic E-state index is 0.0860. The first-order chi connectivity index (χ1) is 20.5. The molecule has 43 heavy (non-hydrogen) atoms. The third-order valence-electron chi connectivity index (χ3n) is 8.63. The second-order valence-corrected chi connectivity index (χ2v) is 11.6. The number of nitrogens with zero attached hydrogens (tertiary/aromatic N) is 4. The number of likely N-dealkylation sites (tertiary alicyclic amines) is 1. The summed E-state index contributed by atoms with van der Waals surface area (Å²) in [5.41, 5.74) is 8.06. The Labute approximate surface area is 252 Å². The van der Waals surface area contributed by atoms with Gasteiger partial charge in [0.2, 0.25) is 17.7 Å². The number of primary amides is 1. The van der Waals surface area contributed by atoms with Gasteiger partial charge in [-0.3, -0.25) is 29.5 Å². The molecule has 228 valence electrons. The molecule has 0 saturated carbocycles. The fourth-order valence-corrected chi connectivity index (χ4v) is 6.43. The first kappa shape index (κ1) is 31.6. The van der Waals surface area contributed by atoms with Gasteiger partial charge in [0.05, 0.1) is 16.3 Å². The number of carbonyl (C=O) groups is 3. The van der Waals surface area contributed by atoms with Crippen molar-refractivity contribution in [2.75, 3.05) is 40.3 Å². The van der Waals surface area contributed by atoms with Crippen LogP contribution in [0.3, 0.4) is 0 Å². The molecule has 0 aromatic heterocycles. The fourth-order valence-electron chi connectivity index (χ4n) is 6.43. The largest absolute Gasteiger partial charge is 0.369 e. The Morgan fingerprint density at radius 2 is 1.70 bits per heavy atom. The number of benzene rings is 2. The average Bonchev–Trinajstić information content (AvgIpc) is 2.99. The predicted octanol–water partition coefficient (Wildman–Crippen LogP) is 3.16. The predicted molar refractivity (Wildman–Crippen MR) is 164 cm³/mol. The van der Waals surface area contributed by atoms with Crippen LogP contribution < -0.4 is 11.1 Å². The maximum absolute atomic E-state index is 13.5. The lowest BCUT2D eigenvalue weighted by molar-refractivity contribution is -0.384. The SMILES string of the molecule is CC1=NC(C)=C(C(=O)NCCCN2CCC(C(=O)N(C)C)(c3ccccc3)CC2)C(c2ccc([N+](=O)[O-])cc2)C1C(N)=O. The molecule has 3 amide bonds. The summed E-state index contributed by atoms with van der Waals surface area (Å²) in [7, 11) is 3.60. The van der Waals surface area contributed by atoms with E-state index in [9.17, 15) is 24.5 Å². The van der Waals surface area contributed by atoms with E-state index in [4.69, 9.17) is 5.73 Å². The zero-order chi connectivity index (χ0) is 31.3. The van der Waals surface area contributed by atoms with Crippen molar-refractivity contribution in [1.29, 1.82) is 0 Å². The van der Waals surface area contributed by atoms with Gasteiger partial charge in [0.15, 0.2) is 0 Å². The highest BCUT2D eigenvalue weighted by atomic mass is 16.6. The molecular weight excluding hydrogens is 548 g/mol. The molecular formula is C32H40N6O5. The van der Waals surface area contributed by atoms with E-state index >= 15 is 0 Å². The van der Waals surface area contributed by atoms with E-state index in [1.165, 1.54) is 12.1 Å². The van der Waals surface area contributed by atoms with Gasteiger partial charge in [-0.2, -0.15) is 0 Å². The van der Waals surface area contributed by atoms with Crippen molar-refractivity contribution >= 4 is 29.1 Å². The Bertz CT molecular complexity index is 1430. The molecule has 0 spiro atoms. The van der Waals surface area contributed by atoms with E-state index < -0.39 is 28.1 Å². The van der Waals surface area contributed by atoms with Crippen molar-refractivity contribution < 1.29 is 19.3 Å². The highest BCUT2D eigenvalue weighted by Gasteiger charge is 2.44. The molecule has 4 rings (SSSR count). The van der Waals surface area contributed by atoms with Crippen molar-refractivity contribution in [2.45, 2.75) is 44.4 Å².